The second-order valence-corrected chi connectivity index (χ2v) is 3.11. The van der Waals surface area contributed by atoms with E-state index >= 15 is 0 Å². The van der Waals surface area contributed by atoms with Crippen molar-refractivity contribution in [1.82, 2.24) is 0 Å². The monoisotopic (exact) mass is 235 g/mol. The molecule has 0 fully saturated rings. The Balaban J connectivity index is 3.54. The van der Waals surface area contributed by atoms with Crippen molar-refractivity contribution in [3.8, 4) is 18.2 Å². The smallest absolute Gasteiger partial charge is 0.198 e. The summed E-state index contributed by atoms with van der Waals surface area (Å²) in [6.07, 6.45) is -4.99. The summed E-state index contributed by atoms with van der Waals surface area (Å²) >= 11 is 0. The van der Waals surface area contributed by atoms with Crippen LogP contribution in [0.3, 0.4) is 0 Å². The highest BCUT2D eigenvalue weighted by Crippen LogP contribution is 2.33. The highest BCUT2D eigenvalue weighted by Gasteiger charge is 2.34. The van der Waals surface area contributed by atoms with Crippen molar-refractivity contribution < 1.29 is 13.2 Å². The lowest BCUT2D eigenvalue weighted by Crippen LogP contribution is -2.09. The number of halogens is 3. The van der Waals surface area contributed by atoms with Crippen LogP contribution >= 0.6 is 0 Å². The van der Waals surface area contributed by atoms with Gasteiger partial charge in [-0.15, -0.1) is 0 Å². The van der Waals surface area contributed by atoms with Gasteiger partial charge in [-0.05, 0) is 17.7 Å². The molecule has 0 radical (unpaired) electrons. The molecule has 3 nitrogen and oxygen atoms in total. The van der Waals surface area contributed by atoms with Gasteiger partial charge in [-0.1, -0.05) is 0 Å². The summed E-state index contributed by atoms with van der Waals surface area (Å²) in [6, 6.07) is 6.27. The maximum absolute atomic E-state index is 12.6. The molecule has 0 heterocycles. The largest absolute Gasteiger partial charge is 0.417 e. The fourth-order valence-corrected chi connectivity index (χ4v) is 1.31. The highest BCUT2D eigenvalue weighted by atomic mass is 19.4. The second-order valence-electron chi connectivity index (χ2n) is 3.11. The third-order valence-corrected chi connectivity index (χ3v) is 2.06. The lowest BCUT2D eigenvalue weighted by molar-refractivity contribution is -0.137. The van der Waals surface area contributed by atoms with Crippen LogP contribution < -0.4 is 0 Å². The Morgan fingerprint density at radius 2 is 1.59 bits per heavy atom. The number of hydrogen-bond donors (Lipinski definition) is 0. The third kappa shape index (κ3) is 2.53. The topological polar surface area (TPSA) is 71.4 Å². The molecule has 1 rings (SSSR count). The van der Waals surface area contributed by atoms with Crippen LogP contribution in [-0.4, -0.2) is 0 Å². The Hall–Kier alpha value is -2.52. The van der Waals surface area contributed by atoms with E-state index in [2.05, 4.69) is 0 Å². The van der Waals surface area contributed by atoms with Gasteiger partial charge < -0.3 is 0 Å². The zero-order valence-corrected chi connectivity index (χ0v) is 8.34. The third-order valence-electron chi connectivity index (χ3n) is 2.06. The molecule has 0 saturated heterocycles. The molecule has 0 saturated carbocycles. The van der Waals surface area contributed by atoms with Crippen LogP contribution in [0.15, 0.2) is 12.1 Å². The van der Waals surface area contributed by atoms with E-state index in [9.17, 15) is 13.2 Å². The van der Waals surface area contributed by atoms with E-state index < -0.39 is 17.3 Å². The average Bonchev–Trinajstić information content (AvgIpc) is 2.27. The Bertz CT molecular complexity index is 568. The summed E-state index contributed by atoms with van der Waals surface area (Å²) in [6.45, 7) is 0. The van der Waals surface area contributed by atoms with Crippen LogP contribution in [0.1, 0.15) is 22.3 Å². The lowest BCUT2D eigenvalue weighted by atomic mass is 9.97. The molecule has 0 amide bonds. The fraction of sp³-hybridized carbons (Fsp3) is 0.182. The quantitative estimate of drug-likeness (QED) is 0.750. The van der Waals surface area contributed by atoms with Gasteiger partial charge in [0.25, 0.3) is 0 Å². The first-order chi connectivity index (χ1) is 7.93. The van der Waals surface area contributed by atoms with Gasteiger partial charge in [0.15, 0.2) is 0 Å². The van der Waals surface area contributed by atoms with Gasteiger partial charge in [-0.3, -0.25) is 0 Å². The van der Waals surface area contributed by atoms with E-state index in [0.29, 0.717) is 6.07 Å². The van der Waals surface area contributed by atoms with Gasteiger partial charge in [0.1, 0.15) is 0 Å². The predicted molar refractivity (Wildman–Crippen MR) is 50.2 cm³/mol. The lowest BCUT2D eigenvalue weighted by Gasteiger charge is -2.10. The van der Waals surface area contributed by atoms with Crippen molar-refractivity contribution in [2.24, 2.45) is 0 Å². The SMILES string of the molecule is N#CCc1cc(C(F)(F)F)c(C#N)cc1C#N. The summed E-state index contributed by atoms with van der Waals surface area (Å²) in [7, 11) is 0. The highest BCUT2D eigenvalue weighted by molar-refractivity contribution is 5.51. The summed E-state index contributed by atoms with van der Waals surface area (Å²) in [5.41, 5.74) is -1.85. The van der Waals surface area contributed by atoms with E-state index in [4.69, 9.17) is 15.8 Å². The second kappa shape index (κ2) is 4.55. The summed E-state index contributed by atoms with van der Waals surface area (Å²) in [4.78, 5) is 0. The van der Waals surface area contributed by atoms with Crippen LogP contribution in [0.2, 0.25) is 0 Å². The Morgan fingerprint density at radius 1 is 1.00 bits per heavy atom. The molecule has 0 atom stereocenters. The number of alkyl halides is 3. The average molecular weight is 235 g/mol. The van der Waals surface area contributed by atoms with Crippen LogP contribution in [0.4, 0.5) is 13.2 Å². The van der Waals surface area contributed by atoms with Crippen molar-refractivity contribution in [2.75, 3.05) is 0 Å². The molecule has 0 N–H and O–H groups in total. The molecule has 0 aliphatic rings. The van der Waals surface area contributed by atoms with Crippen molar-refractivity contribution in [2.45, 2.75) is 12.6 Å². The van der Waals surface area contributed by atoms with Gasteiger partial charge >= 0.3 is 6.18 Å². The first kappa shape index (κ1) is 12.5. The number of nitrogens with zero attached hydrogens (tertiary/aromatic N) is 3. The van der Waals surface area contributed by atoms with Crippen molar-refractivity contribution >= 4 is 0 Å². The Morgan fingerprint density at radius 3 is 2.00 bits per heavy atom. The van der Waals surface area contributed by atoms with E-state index in [1.807, 2.05) is 0 Å². The minimum absolute atomic E-state index is 0.0266. The predicted octanol–water partition coefficient (Wildman–Crippen LogP) is 2.51. The van der Waals surface area contributed by atoms with Gasteiger partial charge in [0.05, 0.1) is 41.3 Å². The molecule has 84 valence electrons. The summed E-state index contributed by atoms with van der Waals surface area (Å²) < 4.78 is 37.7. The van der Waals surface area contributed by atoms with Crippen molar-refractivity contribution in [3.05, 3.63) is 34.4 Å². The Kier molecular flexibility index (Phi) is 3.36. The molecule has 1 aromatic rings. The minimum atomic E-state index is -4.68. The fourth-order valence-electron chi connectivity index (χ4n) is 1.31. The van der Waals surface area contributed by atoms with E-state index in [1.165, 1.54) is 6.07 Å². The number of rotatable bonds is 1. The van der Waals surface area contributed by atoms with E-state index in [-0.39, 0.29) is 17.5 Å². The van der Waals surface area contributed by atoms with E-state index in [1.54, 1.807) is 12.1 Å². The zero-order chi connectivity index (χ0) is 13.1. The molecule has 0 unspecified atom stereocenters. The normalized spacial score (nSPS) is 10.1. The number of hydrogen-bond acceptors (Lipinski definition) is 3. The Labute approximate surface area is 94.9 Å². The molecule has 6 heteroatoms. The number of benzene rings is 1. The molecule has 17 heavy (non-hydrogen) atoms. The van der Waals surface area contributed by atoms with Gasteiger partial charge in [-0.25, -0.2) is 0 Å². The van der Waals surface area contributed by atoms with Crippen LogP contribution in [0, 0.1) is 34.0 Å². The molecular formula is C11H4F3N3. The molecular weight excluding hydrogens is 231 g/mol. The minimum Gasteiger partial charge on any atom is -0.198 e. The molecule has 0 spiro atoms. The summed E-state index contributed by atoms with van der Waals surface area (Å²) in [5, 5.41) is 25.8. The van der Waals surface area contributed by atoms with Gasteiger partial charge in [0, 0.05) is 0 Å². The molecule has 1 aromatic carbocycles. The van der Waals surface area contributed by atoms with Crippen LogP contribution in [0.5, 0.6) is 0 Å². The number of nitriles is 3. The van der Waals surface area contributed by atoms with Crippen molar-refractivity contribution in [1.29, 1.82) is 15.8 Å². The molecule has 0 aromatic heterocycles. The van der Waals surface area contributed by atoms with Crippen LogP contribution in [0.25, 0.3) is 0 Å². The molecule has 0 bridgehead atoms. The molecule has 0 aliphatic heterocycles. The standard InChI is InChI=1S/C11H4F3N3/c12-11(13,14)10-4-7(1-2-15)8(5-16)3-9(10)6-17/h3-4H,1H2. The van der Waals surface area contributed by atoms with Gasteiger partial charge in [-0.2, -0.15) is 29.0 Å². The zero-order valence-electron chi connectivity index (χ0n) is 8.34. The van der Waals surface area contributed by atoms with E-state index in [0.717, 1.165) is 6.07 Å². The summed E-state index contributed by atoms with van der Waals surface area (Å²) in [5.74, 6) is 0. The molecule has 0 aliphatic carbocycles. The van der Waals surface area contributed by atoms with Crippen LogP contribution in [-0.2, 0) is 12.6 Å². The van der Waals surface area contributed by atoms with Gasteiger partial charge in [0.2, 0.25) is 0 Å². The maximum atomic E-state index is 12.6. The van der Waals surface area contributed by atoms with Crippen molar-refractivity contribution in [3.63, 3.8) is 0 Å². The first-order valence-corrected chi connectivity index (χ1v) is 4.35. The first-order valence-electron chi connectivity index (χ1n) is 4.35. The maximum Gasteiger partial charge on any atom is 0.417 e.